The number of aliphatic hydroxyl groups is 1. The van der Waals surface area contributed by atoms with Crippen LogP contribution in [0.3, 0.4) is 0 Å². The molecule has 1 aliphatic carbocycles. The van der Waals surface area contributed by atoms with Crippen LogP contribution in [0.25, 0.3) is 0 Å². The number of halogens is 2. The van der Waals surface area contributed by atoms with Gasteiger partial charge in [-0.1, -0.05) is 45.7 Å². The zero-order valence-corrected chi connectivity index (χ0v) is 23.5. The Labute approximate surface area is 229 Å². The molecule has 4 rings (SSSR count). The van der Waals surface area contributed by atoms with Crippen molar-refractivity contribution in [3.63, 3.8) is 0 Å². The standard InChI is InChI=1S/C30H42F2N4O3/c1-5-6-7-22(35-28(39)26-19(2)25-23(34-26)16-29(3,4)17-24(25)37)27(38)33-21-10-8-20(9-11-21)18-36-14-12-30(31,32)13-15-36/h8-11,22,24,34,37H,5-7,12-18H2,1-4H3,(H,33,38)(H,35,39). The maximum atomic E-state index is 13.4. The van der Waals surface area contributed by atoms with Crippen LogP contribution in [0.5, 0.6) is 0 Å². The minimum Gasteiger partial charge on any atom is -0.388 e. The number of hydrogen-bond donors (Lipinski definition) is 4. The van der Waals surface area contributed by atoms with E-state index in [1.807, 2.05) is 30.9 Å². The molecular formula is C30H42F2N4O3. The van der Waals surface area contributed by atoms with E-state index in [4.69, 9.17) is 0 Å². The van der Waals surface area contributed by atoms with Crippen LogP contribution < -0.4 is 10.6 Å². The Morgan fingerprint density at radius 3 is 2.49 bits per heavy atom. The Hall–Kier alpha value is -2.78. The Morgan fingerprint density at radius 1 is 1.18 bits per heavy atom. The molecule has 2 aliphatic rings. The minimum atomic E-state index is -2.56. The van der Waals surface area contributed by atoms with Crippen molar-refractivity contribution < 1.29 is 23.5 Å². The number of aliphatic hydroxyl groups excluding tert-OH is 1. The van der Waals surface area contributed by atoms with Crippen molar-refractivity contribution in [2.45, 2.75) is 97.3 Å². The first-order valence-electron chi connectivity index (χ1n) is 14.1. The minimum absolute atomic E-state index is 0.0704. The highest BCUT2D eigenvalue weighted by atomic mass is 19.3. The SMILES string of the molecule is CCCCC(NC(=O)c1[nH]c2c(c1C)C(O)CC(C)(C)C2)C(=O)Nc1ccc(CN2CCC(F)(F)CC2)cc1. The Balaban J connectivity index is 1.39. The number of aromatic amines is 1. The summed E-state index contributed by atoms with van der Waals surface area (Å²) in [5, 5.41) is 16.5. The first kappa shape index (κ1) is 29.2. The van der Waals surface area contributed by atoms with E-state index in [1.54, 1.807) is 12.1 Å². The van der Waals surface area contributed by atoms with E-state index in [9.17, 15) is 23.5 Å². The van der Waals surface area contributed by atoms with E-state index in [0.717, 1.165) is 41.6 Å². The fourth-order valence-electron chi connectivity index (χ4n) is 5.79. The number of unbranched alkanes of at least 4 members (excludes halogenated alkanes) is 1. The van der Waals surface area contributed by atoms with Crippen LogP contribution in [0.4, 0.5) is 14.5 Å². The fraction of sp³-hybridized carbons (Fsp3) is 0.600. The van der Waals surface area contributed by atoms with Crippen molar-refractivity contribution >= 4 is 17.5 Å². The summed E-state index contributed by atoms with van der Waals surface area (Å²) < 4.78 is 26.8. The number of nitrogens with zero attached hydrogens (tertiary/aromatic N) is 1. The molecular weight excluding hydrogens is 502 g/mol. The summed E-state index contributed by atoms with van der Waals surface area (Å²) in [6.07, 6.45) is 2.68. The van der Waals surface area contributed by atoms with Crippen LogP contribution in [0.15, 0.2) is 24.3 Å². The van der Waals surface area contributed by atoms with Gasteiger partial charge >= 0.3 is 0 Å². The molecule has 7 nitrogen and oxygen atoms in total. The smallest absolute Gasteiger partial charge is 0.268 e. The summed E-state index contributed by atoms with van der Waals surface area (Å²) in [6, 6.07) is 6.67. The number of piperidine rings is 1. The van der Waals surface area contributed by atoms with Gasteiger partial charge in [-0.3, -0.25) is 14.5 Å². The van der Waals surface area contributed by atoms with Crippen molar-refractivity contribution in [1.82, 2.24) is 15.2 Å². The Bertz CT molecular complexity index is 1170. The molecule has 0 spiro atoms. The van der Waals surface area contributed by atoms with Gasteiger partial charge in [0.2, 0.25) is 5.91 Å². The highest BCUT2D eigenvalue weighted by Gasteiger charge is 2.36. The predicted molar refractivity (Wildman–Crippen MR) is 148 cm³/mol. The maximum Gasteiger partial charge on any atom is 0.268 e. The number of benzene rings is 1. The van der Waals surface area contributed by atoms with Gasteiger partial charge in [0, 0.05) is 49.4 Å². The number of H-pyrrole nitrogens is 1. The third-order valence-electron chi connectivity index (χ3n) is 8.02. The quantitative estimate of drug-likeness (QED) is 0.336. The number of carbonyl (C=O) groups is 2. The maximum absolute atomic E-state index is 13.4. The number of rotatable bonds is 9. The van der Waals surface area contributed by atoms with Crippen LogP contribution in [-0.2, 0) is 17.8 Å². The molecule has 9 heteroatoms. The summed E-state index contributed by atoms with van der Waals surface area (Å²) in [7, 11) is 0. The van der Waals surface area contributed by atoms with Gasteiger partial charge in [0.1, 0.15) is 11.7 Å². The van der Waals surface area contributed by atoms with Crippen molar-refractivity contribution in [3.8, 4) is 0 Å². The van der Waals surface area contributed by atoms with E-state index in [1.165, 1.54) is 0 Å². The highest BCUT2D eigenvalue weighted by Crippen LogP contribution is 2.42. The van der Waals surface area contributed by atoms with E-state index in [2.05, 4.69) is 29.5 Å². The zero-order chi connectivity index (χ0) is 28.4. The fourth-order valence-corrected chi connectivity index (χ4v) is 5.79. The first-order valence-corrected chi connectivity index (χ1v) is 14.1. The number of aromatic nitrogens is 1. The average molecular weight is 545 g/mol. The van der Waals surface area contributed by atoms with Crippen molar-refractivity contribution in [2.75, 3.05) is 18.4 Å². The largest absolute Gasteiger partial charge is 0.388 e. The number of likely N-dealkylation sites (tertiary alicyclic amines) is 1. The number of anilines is 1. The number of carbonyl (C=O) groups excluding carboxylic acids is 2. The van der Waals surface area contributed by atoms with Gasteiger partial charge in [-0.15, -0.1) is 0 Å². The molecule has 4 N–H and O–H groups in total. The average Bonchev–Trinajstić information content (AvgIpc) is 3.19. The van der Waals surface area contributed by atoms with Gasteiger partial charge < -0.3 is 20.7 Å². The molecule has 0 radical (unpaired) electrons. The molecule has 2 heterocycles. The van der Waals surface area contributed by atoms with Crippen LogP contribution >= 0.6 is 0 Å². The lowest BCUT2D eigenvalue weighted by atomic mass is 9.75. The van der Waals surface area contributed by atoms with Gasteiger partial charge in [-0.2, -0.15) is 0 Å². The molecule has 39 heavy (non-hydrogen) atoms. The lowest BCUT2D eigenvalue weighted by Crippen LogP contribution is -2.44. The summed E-state index contributed by atoms with van der Waals surface area (Å²) in [6.45, 7) is 9.39. The second-order valence-corrected chi connectivity index (χ2v) is 12.1. The molecule has 1 fully saturated rings. The summed E-state index contributed by atoms with van der Waals surface area (Å²) >= 11 is 0. The zero-order valence-electron chi connectivity index (χ0n) is 23.5. The Morgan fingerprint density at radius 2 is 1.85 bits per heavy atom. The summed E-state index contributed by atoms with van der Waals surface area (Å²) in [5.41, 5.74) is 4.34. The van der Waals surface area contributed by atoms with Gasteiger partial charge in [0.15, 0.2) is 0 Å². The molecule has 1 aromatic heterocycles. The second-order valence-electron chi connectivity index (χ2n) is 12.1. The summed E-state index contributed by atoms with van der Waals surface area (Å²) in [5.74, 6) is -3.21. The van der Waals surface area contributed by atoms with E-state index >= 15 is 0 Å². The molecule has 1 saturated heterocycles. The number of fused-ring (bicyclic) bond motifs is 1. The summed E-state index contributed by atoms with van der Waals surface area (Å²) in [4.78, 5) is 31.8. The van der Waals surface area contributed by atoms with E-state index < -0.39 is 18.1 Å². The molecule has 2 atom stereocenters. The Kier molecular flexibility index (Phi) is 8.81. The molecule has 214 valence electrons. The molecule has 1 aromatic carbocycles. The lowest BCUT2D eigenvalue weighted by molar-refractivity contribution is -0.118. The van der Waals surface area contributed by atoms with Crippen molar-refractivity contribution in [1.29, 1.82) is 0 Å². The van der Waals surface area contributed by atoms with Gasteiger partial charge in [-0.05, 0) is 54.9 Å². The van der Waals surface area contributed by atoms with Crippen LogP contribution in [0.1, 0.15) is 98.3 Å². The first-order chi connectivity index (χ1) is 18.4. The number of amides is 2. The molecule has 2 amide bonds. The van der Waals surface area contributed by atoms with Crippen LogP contribution in [0.2, 0.25) is 0 Å². The number of hydrogen-bond acceptors (Lipinski definition) is 4. The van der Waals surface area contributed by atoms with E-state index in [-0.39, 0.29) is 30.1 Å². The molecule has 2 unspecified atom stereocenters. The van der Waals surface area contributed by atoms with Crippen molar-refractivity contribution in [2.24, 2.45) is 5.41 Å². The monoisotopic (exact) mass is 544 g/mol. The van der Waals surface area contributed by atoms with Crippen LogP contribution in [0, 0.1) is 12.3 Å². The number of alkyl halides is 2. The molecule has 1 aliphatic heterocycles. The molecule has 2 aromatic rings. The van der Waals surface area contributed by atoms with E-state index in [0.29, 0.717) is 43.9 Å². The number of nitrogens with one attached hydrogen (secondary N) is 3. The topological polar surface area (TPSA) is 97.5 Å². The lowest BCUT2D eigenvalue weighted by Gasteiger charge is -2.33. The van der Waals surface area contributed by atoms with Crippen LogP contribution in [-0.4, -0.2) is 51.9 Å². The molecule has 0 saturated carbocycles. The third kappa shape index (κ3) is 7.25. The van der Waals surface area contributed by atoms with Gasteiger partial charge in [0.05, 0.1) is 6.10 Å². The van der Waals surface area contributed by atoms with Crippen molar-refractivity contribution in [3.05, 3.63) is 52.3 Å². The third-order valence-corrected chi connectivity index (χ3v) is 8.02. The second kappa shape index (κ2) is 11.8. The normalized spacial score (nSPS) is 21.2. The highest BCUT2D eigenvalue weighted by molar-refractivity contribution is 6.01. The molecule has 0 bridgehead atoms. The van der Waals surface area contributed by atoms with Gasteiger partial charge in [0.25, 0.3) is 11.8 Å². The van der Waals surface area contributed by atoms with Gasteiger partial charge in [-0.25, -0.2) is 8.78 Å². The predicted octanol–water partition coefficient (Wildman–Crippen LogP) is 5.49.